The number of nitrogens with zero attached hydrogens (tertiary/aromatic N) is 3. The molecule has 3 heterocycles. The van der Waals surface area contributed by atoms with E-state index in [0.717, 1.165) is 36.1 Å². The van der Waals surface area contributed by atoms with Crippen molar-refractivity contribution >= 4 is 33.3 Å². The van der Waals surface area contributed by atoms with Crippen LogP contribution in [-0.2, 0) is 4.74 Å². The zero-order chi connectivity index (χ0) is 19.6. The molecule has 8 heteroatoms. The van der Waals surface area contributed by atoms with E-state index in [4.69, 9.17) is 14.7 Å². The number of fused-ring (bicyclic) bond motifs is 1. The smallest absolute Gasteiger partial charge is 0.264 e. The van der Waals surface area contributed by atoms with Crippen LogP contribution < -0.4 is 15.8 Å². The van der Waals surface area contributed by atoms with Gasteiger partial charge in [-0.25, -0.2) is 4.98 Å². The predicted octanol–water partition coefficient (Wildman–Crippen LogP) is 3.63. The van der Waals surface area contributed by atoms with E-state index in [0.29, 0.717) is 41.6 Å². The minimum Gasteiger partial charge on any atom is -0.378 e. The number of rotatable bonds is 4. The third kappa shape index (κ3) is 3.86. The normalized spacial score (nSPS) is 18.3. The largest absolute Gasteiger partial charge is 0.378 e. The summed E-state index contributed by atoms with van der Waals surface area (Å²) in [5.74, 6) is 1.27. The molecule has 1 aromatic carbocycles. The van der Waals surface area contributed by atoms with Crippen molar-refractivity contribution in [1.29, 1.82) is 0 Å². The van der Waals surface area contributed by atoms with Crippen LogP contribution in [0.15, 0.2) is 29.1 Å². The number of H-pyrrole nitrogens is 1. The van der Waals surface area contributed by atoms with Gasteiger partial charge in [0.15, 0.2) is 0 Å². The van der Waals surface area contributed by atoms with E-state index in [1.165, 1.54) is 30.6 Å². The van der Waals surface area contributed by atoms with Crippen LogP contribution in [0.1, 0.15) is 32.1 Å². The molecule has 0 spiro atoms. The first-order valence-electron chi connectivity index (χ1n) is 10.4. The molecular formula is C21H25N5O2S. The summed E-state index contributed by atoms with van der Waals surface area (Å²) in [5, 5.41) is 4.30. The molecule has 0 radical (unpaired) electrons. The highest BCUT2D eigenvalue weighted by Gasteiger charge is 2.23. The van der Waals surface area contributed by atoms with Crippen molar-refractivity contribution in [3.8, 4) is 10.6 Å². The van der Waals surface area contributed by atoms with Gasteiger partial charge in [0.1, 0.15) is 16.4 Å². The number of para-hydroxylation sites is 1. The molecule has 0 bridgehead atoms. The van der Waals surface area contributed by atoms with Gasteiger partial charge >= 0.3 is 0 Å². The molecule has 2 aromatic heterocycles. The summed E-state index contributed by atoms with van der Waals surface area (Å²) < 4.78 is 6.52. The average molecular weight is 412 g/mol. The highest BCUT2D eigenvalue weighted by atomic mass is 32.1. The van der Waals surface area contributed by atoms with Crippen molar-refractivity contribution < 1.29 is 4.74 Å². The second-order valence-corrected chi connectivity index (χ2v) is 8.71. The monoisotopic (exact) mass is 411 g/mol. The summed E-state index contributed by atoms with van der Waals surface area (Å²) in [6.07, 6.45) is 5.94. The summed E-state index contributed by atoms with van der Waals surface area (Å²) in [6, 6.07) is 8.33. The van der Waals surface area contributed by atoms with Crippen LogP contribution in [0.5, 0.6) is 0 Å². The second-order valence-electron chi connectivity index (χ2n) is 7.68. The lowest BCUT2D eigenvalue weighted by Crippen LogP contribution is -2.38. The van der Waals surface area contributed by atoms with E-state index in [9.17, 15) is 4.79 Å². The van der Waals surface area contributed by atoms with Gasteiger partial charge in [-0.2, -0.15) is 4.98 Å². The molecule has 0 unspecified atom stereocenters. The van der Waals surface area contributed by atoms with Crippen molar-refractivity contribution in [2.45, 2.75) is 38.1 Å². The second kappa shape index (κ2) is 8.12. The molecule has 1 saturated heterocycles. The summed E-state index contributed by atoms with van der Waals surface area (Å²) in [5.41, 5.74) is 1.32. The zero-order valence-electron chi connectivity index (χ0n) is 16.3. The molecule has 1 saturated carbocycles. The van der Waals surface area contributed by atoms with Gasteiger partial charge in [0.2, 0.25) is 5.95 Å². The minimum atomic E-state index is -0.140. The van der Waals surface area contributed by atoms with Gasteiger partial charge in [0.25, 0.3) is 5.56 Å². The van der Waals surface area contributed by atoms with Crippen molar-refractivity contribution in [2.24, 2.45) is 0 Å². The molecule has 1 aliphatic heterocycles. The Hall–Kier alpha value is -2.45. The van der Waals surface area contributed by atoms with Crippen molar-refractivity contribution in [3.05, 3.63) is 34.6 Å². The number of morpholine rings is 1. The van der Waals surface area contributed by atoms with Gasteiger partial charge in [-0.1, -0.05) is 31.4 Å². The first-order valence-corrected chi connectivity index (χ1v) is 11.2. The molecule has 2 fully saturated rings. The van der Waals surface area contributed by atoms with Crippen LogP contribution in [0.2, 0.25) is 0 Å². The lowest BCUT2D eigenvalue weighted by molar-refractivity contribution is 0.122. The molecule has 29 heavy (non-hydrogen) atoms. The fourth-order valence-corrected chi connectivity index (χ4v) is 5.12. The maximum Gasteiger partial charge on any atom is 0.264 e. The Kier molecular flexibility index (Phi) is 5.20. The quantitative estimate of drug-likeness (QED) is 0.682. The Labute approximate surface area is 173 Å². The van der Waals surface area contributed by atoms with Crippen LogP contribution in [0.25, 0.3) is 20.8 Å². The summed E-state index contributed by atoms with van der Waals surface area (Å²) in [6.45, 7) is 2.75. The predicted molar refractivity (Wildman–Crippen MR) is 117 cm³/mol. The fourth-order valence-electron chi connectivity index (χ4n) is 4.11. The first-order chi connectivity index (χ1) is 14.3. The standard InChI is InChI=1S/C21H25N5O2S/c27-19-17(20-23-15-8-4-5-9-16(15)29-20)18(22-14-6-2-1-3-7-14)24-21(25-19)26-10-12-28-13-11-26/h4-5,8-9,14H,1-3,6-7,10-13H2,(H2,22,24,25,27). The topological polar surface area (TPSA) is 83.1 Å². The molecule has 152 valence electrons. The van der Waals surface area contributed by atoms with E-state index in [1.54, 1.807) is 0 Å². The molecule has 2 aliphatic rings. The number of hydrogen-bond acceptors (Lipinski definition) is 7. The number of aromatic amines is 1. The number of anilines is 2. The van der Waals surface area contributed by atoms with Crippen LogP contribution in [0, 0.1) is 0 Å². The van der Waals surface area contributed by atoms with E-state index >= 15 is 0 Å². The molecular weight excluding hydrogens is 386 g/mol. The third-order valence-electron chi connectivity index (χ3n) is 5.67. The minimum absolute atomic E-state index is 0.140. The van der Waals surface area contributed by atoms with Gasteiger partial charge in [-0.3, -0.25) is 9.78 Å². The Morgan fingerprint density at radius 2 is 1.90 bits per heavy atom. The summed E-state index contributed by atoms with van der Waals surface area (Å²) >= 11 is 1.54. The van der Waals surface area contributed by atoms with Gasteiger partial charge in [-0.15, -0.1) is 11.3 Å². The zero-order valence-corrected chi connectivity index (χ0v) is 17.1. The Balaban J connectivity index is 1.58. The van der Waals surface area contributed by atoms with E-state index in [-0.39, 0.29) is 5.56 Å². The van der Waals surface area contributed by atoms with Gasteiger partial charge < -0.3 is 15.0 Å². The van der Waals surface area contributed by atoms with Gasteiger partial charge in [-0.05, 0) is 25.0 Å². The van der Waals surface area contributed by atoms with Crippen LogP contribution in [0.4, 0.5) is 11.8 Å². The highest BCUT2D eigenvalue weighted by Crippen LogP contribution is 2.33. The maximum absolute atomic E-state index is 13.2. The molecule has 7 nitrogen and oxygen atoms in total. The molecule has 1 aliphatic carbocycles. The number of thiazole rings is 1. The Morgan fingerprint density at radius 1 is 1.10 bits per heavy atom. The van der Waals surface area contributed by atoms with Crippen LogP contribution >= 0.6 is 11.3 Å². The highest BCUT2D eigenvalue weighted by molar-refractivity contribution is 7.21. The molecule has 0 atom stereocenters. The molecule has 2 N–H and O–H groups in total. The lowest BCUT2D eigenvalue weighted by Gasteiger charge is -2.29. The van der Waals surface area contributed by atoms with Gasteiger partial charge in [0.05, 0.1) is 23.4 Å². The number of ether oxygens (including phenoxy) is 1. The Bertz CT molecular complexity index is 1020. The maximum atomic E-state index is 13.2. The first kappa shape index (κ1) is 18.6. The van der Waals surface area contributed by atoms with E-state index < -0.39 is 0 Å². The average Bonchev–Trinajstić information content (AvgIpc) is 3.18. The van der Waals surface area contributed by atoms with Crippen LogP contribution in [-0.4, -0.2) is 47.3 Å². The van der Waals surface area contributed by atoms with Crippen molar-refractivity contribution in [3.63, 3.8) is 0 Å². The third-order valence-corrected chi connectivity index (χ3v) is 6.73. The Morgan fingerprint density at radius 3 is 2.69 bits per heavy atom. The fraction of sp³-hybridized carbons (Fsp3) is 0.476. The number of nitrogens with one attached hydrogen (secondary N) is 2. The SMILES string of the molecule is O=c1[nH]c(N2CCOCC2)nc(NC2CCCCC2)c1-c1nc2ccccc2s1. The number of benzene rings is 1. The van der Waals surface area contributed by atoms with E-state index in [2.05, 4.69) is 15.2 Å². The van der Waals surface area contributed by atoms with Crippen LogP contribution in [0.3, 0.4) is 0 Å². The summed E-state index contributed by atoms with van der Waals surface area (Å²) in [4.78, 5) is 27.9. The lowest BCUT2D eigenvalue weighted by atomic mass is 9.95. The molecule has 0 amide bonds. The number of aromatic nitrogens is 3. The number of hydrogen-bond donors (Lipinski definition) is 2. The van der Waals surface area contributed by atoms with Gasteiger partial charge in [0, 0.05) is 19.1 Å². The molecule has 3 aromatic rings. The van der Waals surface area contributed by atoms with Crippen molar-refractivity contribution in [1.82, 2.24) is 15.0 Å². The molecule has 5 rings (SSSR count). The van der Waals surface area contributed by atoms with E-state index in [1.807, 2.05) is 24.3 Å². The summed E-state index contributed by atoms with van der Waals surface area (Å²) in [7, 11) is 0. The van der Waals surface area contributed by atoms with Crippen molar-refractivity contribution in [2.75, 3.05) is 36.5 Å².